The summed E-state index contributed by atoms with van der Waals surface area (Å²) in [7, 11) is 0. The smallest absolute Gasteiger partial charge is 0.408 e. The molecule has 2 rings (SSSR count). The molecule has 2 N–H and O–H groups in total. The Labute approximate surface area is 183 Å². The second-order valence-corrected chi connectivity index (χ2v) is 8.30. The molecule has 9 heteroatoms. The first-order valence-electron chi connectivity index (χ1n) is 9.43. The second kappa shape index (κ2) is 9.87. The van der Waals surface area contributed by atoms with Crippen LogP contribution in [0.5, 0.6) is 0 Å². The third kappa shape index (κ3) is 7.32. The fourth-order valence-corrected chi connectivity index (χ4v) is 2.98. The van der Waals surface area contributed by atoms with Gasteiger partial charge in [0.2, 0.25) is 0 Å². The van der Waals surface area contributed by atoms with E-state index >= 15 is 0 Å². The number of hydrogen-bond donors (Lipinski definition) is 2. The number of alkyl carbamates (subject to hydrolysis) is 1. The van der Waals surface area contributed by atoms with E-state index in [1.54, 1.807) is 26.8 Å². The Bertz CT molecular complexity index is 985. The van der Waals surface area contributed by atoms with E-state index in [4.69, 9.17) is 16.3 Å². The molecule has 0 radical (unpaired) electrons. The minimum atomic E-state index is -0.887. The van der Waals surface area contributed by atoms with Crippen LogP contribution >= 0.6 is 11.6 Å². The van der Waals surface area contributed by atoms with Crippen molar-refractivity contribution in [2.45, 2.75) is 45.8 Å². The van der Waals surface area contributed by atoms with Crippen molar-refractivity contribution >= 4 is 35.1 Å². The third-order valence-electron chi connectivity index (χ3n) is 4.03. The Morgan fingerprint density at radius 2 is 1.71 bits per heavy atom. The van der Waals surface area contributed by atoms with Crippen LogP contribution in [-0.2, 0) is 16.0 Å². The first-order valence-corrected chi connectivity index (χ1v) is 9.80. The average Bonchev–Trinajstić information content (AvgIpc) is 2.58. The monoisotopic (exact) mass is 452 g/mol. The maximum absolute atomic E-state index is 13.4. The van der Waals surface area contributed by atoms with Crippen LogP contribution < -0.4 is 10.6 Å². The number of ether oxygens (including phenoxy) is 1. The number of carbonyl (C=O) groups is 3. The van der Waals surface area contributed by atoms with Gasteiger partial charge in [0.25, 0.3) is 5.91 Å². The molecule has 0 heterocycles. The molecule has 166 valence electrons. The predicted molar refractivity (Wildman–Crippen MR) is 113 cm³/mol. The Morgan fingerprint density at radius 3 is 2.29 bits per heavy atom. The van der Waals surface area contributed by atoms with Crippen molar-refractivity contribution < 1.29 is 27.9 Å². The number of Topliss-reactive ketones (excluding diaryl/α,β-unsaturated/α-hetero) is 1. The highest BCUT2D eigenvalue weighted by Crippen LogP contribution is 2.23. The molecule has 0 bridgehead atoms. The largest absolute Gasteiger partial charge is 0.444 e. The Balaban J connectivity index is 2.17. The number of rotatable bonds is 6. The molecule has 0 aliphatic carbocycles. The van der Waals surface area contributed by atoms with Crippen LogP contribution in [0, 0.1) is 11.6 Å². The summed E-state index contributed by atoms with van der Waals surface area (Å²) in [5.41, 5.74) is -0.530. The second-order valence-electron chi connectivity index (χ2n) is 7.90. The van der Waals surface area contributed by atoms with E-state index in [0.717, 1.165) is 12.1 Å². The molecule has 2 aromatic rings. The number of carbonyl (C=O) groups excluding carboxylic acids is 3. The standard InChI is InChI=1S/C22H23ClF2N2O4/c1-12(26-21(30)31-22(2,3)4)18(28)8-13-6-5-7-17(23)19(13)20(29)27-16-10-14(24)9-15(25)11-16/h5-7,9-12H,8H2,1-4H3,(H,26,30)(H,27,29). The van der Waals surface area contributed by atoms with E-state index in [-0.39, 0.29) is 28.5 Å². The van der Waals surface area contributed by atoms with Gasteiger partial charge in [0.05, 0.1) is 16.6 Å². The lowest BCUT2D eigenvalue weighted by Crippen LogP contribution is -2.42. The van der Waals surface area contributed by atoms with E-state index in [1.807, 2.05) is 0 Å². The van der Waals surface area contributed by atoms with Gasteiger partial charge >= 0.3 is 6.09 Å². The highest BCUT2D eigenvalue weighted by molar-refractivity contribution is 6.34. The van der Waals surface area contributed by atoms with Crippen LogP contribution in [0.25, 0.3) is 0 Å². The number of halogens is 3. The van der Waals surface area contributed by atoms with E-state index in [1.165, 1.54) is 19.1 Å². The van der Waals surface area contributed by atoms with E-state index in [0.29, 0.717) is 11.6 Å². The van der Waals surface area contributed by atoms with Gasteiger partial charge in [-0.3, -0.25) is 9.59 Å². The molecule has 0 fully saturated rings. The van der Waals surface area contributed by atoms with Crippen molar-refractivity contribution in [1.82, 2.24) is 5.32 Å². The predicted octanol–water partition coefficient (Wildman–Crippen LogP) is 4.90. The summed E-state index contributed by atoms with van der Waals surface area (Å²) >= 11 is 6.16. The van der Waals surface area contributed by atoms with Gasteiger partial charge in [-0.1, -0.05) is 23.7 Å². The highest BCUT2D eigenvalue weighted by atomic mass is 35.5. The van der Waals surface area contributed by atoms with Gasteiger partial charge in [0.1, 0.15) is 17.2 Å². The van der Waals surface area contributed by atoms with Crippen LogP contribution in [0.2, 0.25) is 5.02 Å². The number of anilines is 1. The number of amides is 2. The number of hydrogen-bond acceptors (Lipinski definition) is 4. The Kier molecular flexibility index (Phi) is 7.73. The lowest BCUT2D eigenvalue weighted by Gasteiger charge is -2.21. The van der Waals surface area contributed by atoms with Gasteiger partial charge < -0.3 is 15.4 Å². The molecule has 2 aromatic carbocycles. The molecule has 1 atom stereocenters. The summed E-state index contributed by atoms with van der Waals surface area (Å²) in [6.07, 6.45) is -0.955. The Hall–Kier alpha value is -3.00. The zero-order chi connectivity index (χ0) is 23.3. The lowest BCUT2D eigenvalue weighted by molar-refractivity contribution is -0.120. The van der Waals surface area contributed by atoms with Crippen LogP contribution in [-0.4, -0.2) is 29.4 Å². The van der Waals surface area contributed by atoms with E-state index < -0.39 is 35.3 Å². The van der Waals surface area contributed by atoms with Crippen molar-refractivity contribution in [2.75, 3.05) is 5.32 Å². The van der Waals surface area contributed by atoms with Crippen molar-refractivity contribution in [3.8, 4) is 0 Å². The fraction of sp³-hybridized carbons (Fsp3) is 0.318. The summed E-state index contributed by atoms with van der Waals surface area (Å²) < 4.78 is 31.9. The van der Waals surface area contributed by atoms with Crippen LogP contribution in [0.15, 0.2) is 36.4 Å². The molecule has 6 nitrogen and oxygen atoms in total. The van der Waals surface area contributed by atoms with Crippen LogP contribution in [0.1, 0.15) is 43.6 Å². The van der Waals surface area contributed by atoms with E-state index in [9.17, 15) is 23.2 Å². The molecule has 0 saturated carbocycles. The summed E-state index contributed by atoms with van der Waals surface area (Å²) in [6.45, 7) is 6.58. The molecule has 0 aliphatic rings. The molecule has 0 spiro atoms. The SMILES string of the molecule is CC(NC(=O)OC(C)(C)C)C(=O)Cc1cccc(Cl)c1C(=O)Nc1cc(F)cc(F)c1. The van der Waals surface area contributed by atoms with Crippen LogP contribution in [0.3, 0.4) is 0 Å². The van der Waals surface area contributed by atoms with Gasteiger partial charge in [-0.2, -0.15) is 0 Å². The van der Waals surface area contributed by atoms with Gasteiger partial charge in [-0.05, 0) is 51.5 Å². The topological polar surface area (TPSA) is 84.5 Å². The molecule has 31 heavy (non-hydrogen) atoms. The molecule has 0 aromatic heterocycles. The maximum atomic E-state index is 13.4. The third-order valence-corrected chi connectivity index (χ3v) is 4.34. The van der Waals surface area contributed by atoms with Crippen molar-refractivity contribution in [3.63, 3.8) is 0 Å². The maximum Gasteiger partial charge on any atom is 0.408 e. The van der Waals surface area contributed by atoms with Gasteiger partial charge in [0.15, 0.2) is 5.78 Å². The zero-order valence-corrected chi connectivity index (χ0v) is 18.3. The molecule has 0 saturated heterocycles. The summed E-state index contributed by atoms with van der Waals surface area (Å²) in [6, 6.07) is 6.25. The average molecular weight is 453 g/mol. The molecular formula is C22H23ClF2N2O4. The van der Waals surface area contributed by atoms with Crippen molar-refractivity contribution in [1.29, 1.82) is 0 Å². The van der Waals surface area contributed by atoms with Gasteiger partial charge in [0, 0.05) is 18.2 Å². The number of ketones is 1. The van der Waals surface area contributed by atoms with Crippen molar-refractivity contribution in [2.24, 2.45) is 0 Å². The summed E-state index contributed by atoms with van der Waals surface area (Å²) in [4.78, 5) is 37.2. The molecule has 0 aliphatic heterocycles. The summed E-state index contributed by atoms with van der Waals surface area (Å²) in [5, 5.41) is 4.88. The lowest BCUT2D eigenvalue weighted by atomic mass is 9.99. The normalized spacial score (nSPS) is 12.1. The first kappa shape index (κ1) is 24.3. The first-order chi connectivity index (χ1) is 14.4. The van der Waals surface area contributed by atoms with E-state index in [2.05, 4.69) is 10.6 Å². The number of benzene rings is 2. The van der Waals surface area contributed by atoms with Gasteiger partial charge in [-0.15, -0.1) is 0 Å². The summed E-state index contributed by atoms with van der Waals surface area (Å²) in [5.74, 6) is -2.83. The zero-order valence-electron chi connectivity index (χ0n) is 17.5. The number of nitrogens with one attached hydrogen (secondary N) is 2. The highest BCUT2D eigenvalue weighted by Gasteiger charge is 2.23. The minimum Gasteiger partial charge on any atom is -0.444 e. The fourth-order valence-electron chi connectivity index (χ4n) is 2.70. The van der Waals surface area contributed by atoms with Crippen LogP contribution in [0.4, 0.5) is 19.3 Å². The minimum absolute atomic E-state index is 0.00773. The van der Waals surface area contributed by atoms with Gasteiger partial charge in [-0.25, -0.2) is 13.6 Å². The quantitative estimate of drug-likeness (QED) is 0.653. The van der Waals surface area contributed by atoms with Crippen molar-refractivity contribution in [3.05, 3.63) is 64.2 Å². The Morgan fingerprint density at radius 1 is 1.10 bits per heavy atom. The molecule has 1 unspecified atom stereocenters. The molecule has 2 amide bonds. The molecular weight excluding hydrogens is 430 g/mol.